The number of aliphatic hydroxyl groups is 1. The fraction of sp³-hybridized carbons (Fsp3) is 0.486. The zero-order valence-electron chi connectivity index (χ0n) is 61.5. The molecule has 0 fully saturated rings. The van der Waals surface area contributed by atoms with Crippen LogP contribution in [0.25, 0.3) is 0 Å². The predicted octanol–water partition coefficient (Wildman–Crippen LogP) is -4.77. The normalized spacial score (nSPS) is 14.4. The molecule has 0 saturated heterocycles. The number of aromatic hydroxyl groups is 1. The van der Waals surface area contributed by atoms with E-state index in [1.54, 1.807) is 88.4 Å². The molecule has 14 amide bonds. The number of unbranched alkanes of at least 4 members (excludes halogenated alkanes) is 1. The van der Waals surface area contributed by atoms with Gasteiger partial charge in [-0.25, -0.2) is 9.78 Å². The number of hydrogen-bond donors (Lipinski definition) is 21. The first-order valence-electron chi connectivity index (χ1n) is 35.6. The summed E-state index contributed by atoms with van der Waals surface area (Å²) in [7, 11) is 0. The van der Waals surface area contributed by atoms with E-state index in [9.17, 15) is 97.1 Å². The molecule has 0 aliphatic heterocycles. The predicted molar refractivity (Wildman–Crippen MR) is 393 cm³/mol. The first-order chi connectivity index (χ1) is 52.0. The fourth-order valence-electron chi connectivity index (χ4n) is 11.2. The van der Waals surface area contributed by atoms with Gasteiger partial charge >= 0.3 is 11.9 Å². The molecule has 4 aromatic rings. The third-order valence-corrected chi connectivity index (χ3v) is 16.9. The Morgan fingerprint density at radius 2 is 0.773 bits per heavy atom. The minimum Gasteiger partial charge on any atom is -0.508 e. The molecule has 0 aliphatic rings. The topological polar surface area (TPSA) is 645 Å². The molecular weight excluding hydrogens is 1440 g/mol. The number of benzene rings is 3. The van der Waals surface area contributed by atoms with Crippen LogP contribution in [0.4, 0.5) is 0 Å². The summed E-state index contributed by atoms with van der Waals surface area (Å²) in [5.41, 5.74) is 30.3. The Morgan fingerprint density at radius 3 is 1.20 bits per heavy atom. The second-order valence-electron chi connectivity index (χ2n) is 27.2. The van der Waals surface area contributed by atoms with Crippen LogP contribution in [0.15, 0.2) is 97.5 Å². The number of imidazole rings is 1. The molecule has 0 radical (unpaired) electrons. The average molecular weight is 1540 g/mol. The molecule has 0 aliphatic carbocycles. The smallest absolute Gasteiger partial charge is 0.326 e. The molecule has 1 aromatic heterocycles. The molecule has 38 heteroatoms. The van der Waals surface area contributed by atoms with Crippen molar-refractivity contribution in [3.8, 4) is 5.75 Å². The molecule has 600 valence electrons. The minimum atomic E-state index is -2.07. The summed E-state index contributed by atoms with van der Waals surface area (Å²) in [6.45, 7) is 5.64. The number of nitrogens with one attached hydrogen (secondary N) is 12. The van der Waals surface area contributed by atoms with Crippen molar-refractivity contribution in [3.63, 3.8) is 0 Å². The SMILES string of the molecule is CC(C)C[C@H](NC(=O)[C@H](Cc1ccccc1)NC(=O)[C@H](CC(C)C)NC(=O)[C@H](CC(N)=O)NC(=O)[C@@H](N)Cc1ccccc1)C(=O)N[C@@H](CC(N)=O)C(=O)N[C@@H](CO)C(=O)N[C@@H](CCC(N)=O)C(=O)N[C@@H](CCC(=O)O)C(=O)N[C@@H](CCCCN)C(=O)N[C@@H](Cc1cnc[nH]1)C(=O)N[C@@H](Cc1ccc(O)cc1)C(=O)O. The number of aromatic amines is 1. The first-order valence-corrected chi connectivity index (χ1v) is 35.6. The molecule has 0 unspecified atom stereocenters. The van der Waals surface area contributed by atoms with E-state index in [1.165, 1.54) is 36.8 Å². The Hall–Kier alpha value is -11.9. The number of aliphatic hydroxyl groups excluding tert-OH is 1. The number of carboxylic acid groups (broad SMARTS) is 2. The second-order valence-corrected chi connectivity index (χ2v) is 27.2. The number of aliphatic carboxylic acids is 2. The number of carbonyl (C=O) groups is 16. The van der Waals surface area contributed by atoms with Gasteiger partial charge in [0.1, 0.15) is 72.2 Å². The summed E-state index contributed by atoms with van der Waals surface area (Å²) in [5, 5.41) is 66.8. The van der Waals surface area contributed by atoms with Crippen molar-refractivity contribution in [1.29, 1.82) is 0 Å². The van der Waals surface area contributed by atoms with Gasteiger partial charge in [-0.1, -0.05) is 100 Å². The van der Waals surface area contributed by atoms with Gasteiger partial charge in [0.2, 0.25) is 82.7 Å². The number of amides is 14. The van der Waals surface area contributed by atoms with Crippen LogP contribution in [0.2, 0.25) is 0 Å². The Labute approximate surface area is 633 Å². The zero-order valence-corrected chi connectivity index (χ0v) is 61.5. The van der Waals surface area contributed by atoms with E-state index in [2.05, 4.69) is 68.5 Å². The number of carbonyl (C=O) groups excluding carboxylic acids is 14. The number of phenols is 1. The molecule has 3 aromatic carbocycles. The molecule has 0 saturated carbocycles. The second kappa shape index (κ2) is 46.3. The number of aromatic nitrogens is 2. The summed E-state index contributed by atoms with van der Waals surface area (Å²) in [5.74, 6) is -18.9. The van der Waals surface area contributed by atoms with Crippen molar-refractivity contribution in [3.05, 3.63) is 120 Å². The monoisotopic (exact) mass is 1540 g/mol. The summed E-state index contributed by atoms with van der Waals surface area (Å²) in [6, 6.07) is 2.69. The molecule has 12 atom stereocenters. The highest BCUT2D eigenvalue weighted by Gasteiger charge is 2.38. The van der Waals surface area contributed by atoms with Crippen LogP contribution in [-0.2, 0) is 102 Å². The van der Waals surface area contributed by atoms with E-state index in [1.807, 2.05) is 0 Å². The van der Waals surface area contributed by atoms with Crippen molar-refractivity contribution in [2.24, 2.45) is 40.5 Å². The number of rotatable bonds is 50. The first kappa shape index (κ1) is 90.5. The van der Waals surface area contributed by atoms with Gasteiger partial charge < -0.3 is 113 Å². The van der Waals surface area contributed by atoms with Gasteiger partial charge in [0.15, 0.2) is 0 Å². The maximum atomic E-state index is 14.6. The zero-order chi connectivity index (χ0) is 81.7. The summed E-state index contributed by atoms with van der Waals surface area (Å²) >= 11 is 0. The summed E-state index contributed by atoms with van der Waals surface area (Å²) < 4.78 is 0. The third-order valence-electron chi connectivity index (χ3n) is 16.9. The molecule has 38 nitrogen and oxygen atoms in total. The Balaban J connectivity index is 1.57. The van der Waals surface area contributed by atoms with Crippen LogP contribution in [0, 0.1) is 11.8 Å². The lowest BCUT2D eigenvalue weighted by Crippen LogP contribution is -2.62. The Kier molecular flexibility index (Phi) is 38.1. The quantitative estimate of drug-likeness (QED) is 0.0185. The Bertz CT molecular complexity index is 3780. The van der Waals surface area contributed by atoms with Crippen LogP contribution in [0.3, 0.4) is 0 Å². The highest BCUT2D eigenvalue weighted by atomic mass is 16.4. The number of nitrogens with two attached hydrogens (primary N) is 5. The van der Waals surface area contributed by atoms with E-state index in [4.69, 9.17) is 28.7 Å². The molecular formula is C72H102N18O20. The van der Waals surface area contributed by atoms with Gasteiger partial charge in [0.25, 0.3) is 0 Å². The van der Waals surface area contributed by atoms with E-state index >= 15 is 0 Å². The maximum absolute atomic E-state index is 14.6. The number of carboxylic acids is 2. The number of H-pyrrole nitrogens is 1. The minimum absolute atomic E-state index is 0.0519. The molecule has 1 heterocycles. The van der Waals surface area contributed by atoms with Crippen LogP contribution >= 0.6 is 0 Å². The fourth-order valence-corrected chi connectivity index (χ4v) is 11.2. The molecule has 0 spiro atoms. The van der Waals surface area contributed by atoms with E-state index in [0.29, 0.717) is 28.8 Å². The van der Waals surface area contributed by atoms with Crippen molar-refractivity contribution in [1.82, 2.24) is 68.5 Å². The standard InChI is InChI=1S/C72H102N18O20/c1-38(2)27-49(85-69(106)53(33-58(76)94)83-61(98)45(74)29-40-13-7-5-8-14-40)65(102)86-51(30-41-15-9-6-10-16-41)67(104)84-50(28-39(3)4)66(103)88-54(34-59(77)95)70(107)90-56(36-91)71(108)82-47(22-24-57(75)93)63(100)81-48(23-25-60(96)97)64(101)80-46(17-11-12-26-73)62(99)87-52(32-43-35-78-37-79-43)68(105)89-55(72(109)110)31-42-18-20-44(92)21-19-42/h5-10,13-16,18-21,35,37-39,45-56,91-92H,11-12,17,22-34,36,73-74H2,1-4H3,(H2,75,93)(H2,76,94)(H2,77,95)(H,78,79)(H,80,101)(H,81,100)(H,82,108)(H,83,98)(H,84,104)(H,85,106)(H,86,102)(H,87,99)(H,88,103)(H,89,105)(H,90,107)(H,96,97)(H,109,110)/t45-,46-,47-,48-,49-,50-,51-,52-,53-,54-,55-,56-/m0/s1. The van der Waals surface area contributed by atoms with Crippen molar-refractivity contribution < 1.29 is 97.1 Å². The molecule has 26 N–H and O–H groups in total. The third kappa shape index (κ3) is 33.1. The Morgan fingerprint density at radius 1 is 0.409 bits per heavy atom. The number of primary amides is 3. The summed E-state index contributed by atoms with van der Waals surface area (Å²) in [6.07, 6.45) is -2.49. The molecule has 4 rings (SSSR count). The van der Waals surface area contributed by atoms with Gasteiger partial charge in [-0.05, 0) is 98.6 Å². The molecule has 110 heavy (non-hydrogen) atoms. The van der Waals surface area contributed by atoms with Crippen LogP contribution in [0.1, 0.15) is 121 Å². The van der Waals surface area contributed by atoms with Crippen molar-refractivity contribution in [2.45, 2.75) is 197 Å². The van der Waals surface area contributed by atoms with Crippen LogP contribution in [-0.4, -0.2) is 211 Å². The highest BCUT2D eigenvalue weighted by Crippen LogP contribution is 2.16. The van der Waals surface area contributed by atoms with Crippen molar-refractivity contribution in [2.75, 3.05) is 13.2 Å². The van der Waals surface area contributed by atoms with Gasteiger partial charge in [-0.3, -0.25) is 71.9 Å². The van der Waals surface area contributed by atoms with Crippen LogP contribution < -0.4 is 87.2 Å². The van der Waals surface area contributed by atoms with Gasteiger partial charge in [-0.2, -0.15) is 0 Å². The van der Waals surface area contributed by atoms with E-state index in [-0.39, 0.29) is 69.6 Å². The van der Waals surface area contributed by atoms with Gasteiger partial charge in [0, 0.05) is 44.0 Å². The van der Waals surface area contributed by atoms with Crippen LogP contribution in [0.5, 0.6) is 5.75 Å². The van der Waals surface area contributed by atoms with E-state index < -0.39 is 218 Å². The lowest BCUT2D eigenvalue weighted by Gasteiger charge is -2.29. The van der Waals surface area contributed by atoms with Crippen molar-refractivity contribution >= 4 is 94.6 Å². The summed E-state index contributed by atoms with van der Waals surface area (Å²) in [4.78, 5) is 224. The van der Waals surface area contributed by atoms with Gasteiger partial charge in [-0.15, -0.1) is 0 Å². The van der Waals surface area contributed by atoms with Gasteiger partial charge in [0.05, 0.1) is 31.8 Å². The largest absolute Gasteiger partial charge is 0.508 e. The number of nitrogens with zero attached hydrogens (tertiary/aromatic N) is 1. The lowest BCUT2D eigenvalue weighted by atomic mass is 9.99. The highest BCUT2D eigenvalue weighted by molar-refractivity contribution is 6.01. The average Bonchev–Trinajstić information content (AvgIpc) is 0.919. The maximum Gasteiger partial charge on any atom is 0.326 e. The molecule has 0 bridgehead atoms. The number of hydrogen-bond acceptors (Lipinski definition) is 21. The lowest BCUT2D eigenvalue weighted by molar-refractivity contribution is -0.142. The van der Waals surface area contributed by atoms with E-state index in [0.717, 1.165) is 0 Å². The number of phenolic OH excluding ortho intramolecular Hbond substituents is 1.